The summed E-state index contributed by atoms with van der Waals surface area (Å²) in [7, 11) is 0. The molecule has 26 heavy (non-hydrogen) atoms. The third-order valence-corrected chi connectivity index (χ3v) is 7.17. The number of amides is 1. The van der Waals surface area contributed by atoms with Gasteiger partial charge in [-0.1, -0.05) is 6.42 Å². The number of nitrogens with zero attached hydrogens (tertiary/aromatic N) is 2. The lowest BCUT2D eigenvalue weighted by Crippen LogP contribution is -2.71. The topological polar surface area (TPSA) is 54.5 Å². The Morgan fingerprint density at radius 2 is 2.15 bits per heavy atom. The Bertz CT molecular complexity index is 830. The molecule has 5 rings (SSSR count). The number of fused-ring (bicyclic) bond motifs is 2. The van der Waals surface area contributed by atoms with Gasteiger partial charge in [0.25, 0.3) is 5.91 Å². The van der Waals surface area contributed by atoms with Gasteiger partial charge in [-0.2, -0.15) is 0 Å². The van der Waals surface area contributed by atoms with E-state index in [9.17, 15) is 4.79 Å². The average Bonchev–Trinajstić information content (AvgIpc) is 3.22. The molecule has 3 fully saturated rings. The molecular weight excluding hydrogens is 346 g/mol. The number of thiazole rings is 1. The van der Waals surface area contributed by atoms with Gasteiger partial charge in [-0.05, 0) is 57.5 Å². The van der Waals surface area contributed by atoms with Crippen LogP contribution in [0.25, 0.3) is 10.2 Å². The van der Waals surface area contributed by atoms with Crippen molar-refractivity contribution in [2.75, 3.05) is 19.7 Å². The van der Waals surface area contributed by atoms with E-state index in [1.54, 1.807) is 11.3 Å². The van der Waals surface area contributed by atoms with Gasteiger partial charge in [0.05, 0.1) is 33.4 Å². The Hall–Kier alpha value is -1.50. The van der Waals surface area contributed by atoms with E-state index in [1.807, 2.05) is 25.1 Å². The van der Waals surface area contributed by atoms with Crippen LogP contribution in [0.1, 0.15) is 41.0 Å². The van der Waals surface area contributed by atoms with Crippen LogP contribution in [0.15, 0.2) is 18.2 Å². The molecule has 1 aliphatic carbocycles. The van der Waals surface area contributed by atoms with E-state index in [0.29, 0.717) is 23.6 Å². The molecule has 138 valence electrons. The summed E-state index contributed by atoms with van der Waals surface area (Å²) < 4.78 is 7.13. The largest absolute Gasteiger partial charge is 0.376 e. The molecule has 1 amide bonds. The smallest absolute Gasteiger partial charge is 0.251 e. The molecule has 3 aliphatic rings. The number of nitrogens with one attached hydrogen (secondary N) is 1. The SMILES string of the molecule is Cc1nc2cc(C(=O)N[C@H]3[C@H]4CCO[C@H]4[C@@H]3N3CCCCC3)ccc2s1. The minimum Gasteiger partial charge on any atom is -0.376 e. The number of piperidine rings is 1. The molecule has 1 aromatic heterocycles. The lowest BCUT2D eigenvalue weighted by molar-refractivity contribution is -0.0862. The van der Waals surface area contributed by atoms with E-state index in [2.05, 4.69) is 15.2 Å². The minimum absolute atomic E-state index is 0.0231. The van der Waals surface area contributed by atoms with Crippen molar-refractivity contribution in [2.45, 2.75) is 50.8 Å². The molecule has 4 atom stereocenters. The highest BCUT2D eigenvalue weighted by Crippen LogP contribution is 2.42. The molecule has 0 spiro atoms. The van der Waals surface area contributed by atoms with Crippen LogP contribution in [0.3, 0.4) is 0 Å². The van der Waals surface area contributed by atoms with Gasteiger partial charge in [0.1, 0.15) is 0 Å². The second-order valence-electron chi connectivity index (χ2n) is 7.79. The van der Waals surface area contributed by atoms with Crippen LogP contribution in [0.5, 0.6) is 0 Å². The first kappa shape index (κ1) is 16.7. The second kappa shape index (κ2) is 6.59. The van der Waals surface area contributed by atoms with Gasteiger partial charge in [0.2, 0.25) is 0 Å². The number of hydrogen-bond donors (Lipinski definition) is 1. The van der Waals surface area contributed by atoms with Gasteiger partial charge in [-0.3, -0.25) is 9.69 Å². The van der Waals surface area contributed by atoms with Crippen LogP contribution in [0.4, 0.5) is 0 Å². The van der Waals surface area contributed by atoms with E-state index in [1.165, 1.54) is 19.3 Å². The lowest BCUT2D eigenvalue weighted by Gasteiger charge is -2.53. The van der Waals surface area contributed by atoms with Crippen molar-refractivity contribution >= 4 is 27.5 Å². The van der Waals surface area contributed by atoms with E-state index < -0.39 is 0 Å². The van der Waals surface area contributed by atoms with Gasteiger partial charge >= 0.3 is 0 Å². The number of hydrogen-bond acceptors (Lipinski definition) is 5. The Labute approximate surface area is 157 Å². The van der Waals surface area contributed by atoms with Crippen molar-refractivity contribution in [1.29, 1.82) is 0 Å². The zero-order chi connectivity index (χ0) is 17.7. The van der Waals surface area contributed by atoms with E-state index >= 15 is 0 Å². The molecule has 0 unspecified atom stereocenters. The highest BCUT2D eigenvalue weighted by Gasteiger charge is 2.56. The summed E-state index contributed by atoms with van der Waals surface area (Å²) in [5, 5.41) is 4.37. The van der Waals surface area contributed by atoms with Crippen LogP contribution in [-0.2, 0) is 4.74 Å². The summed E-state index contributed by atoms with van der Waals surface area (Å²) in [5.41, 5.74) is 1.63. The summed E-state index contributed by atoms with van der Waals surface area (Å²) in [6, 6.07) is 6.41. The zero-order valence-electron chi connectivity index (χ0n) is 15.1. The molecule has 6 heteroatoms. The molecule has 1 saturated carbocycles. The third kappa shape index (κ3) is 2.75. The Morgan fingerprint density at radius 3 is 3.00 bits per heavy atom. The van der Waals surface area contributed by atoms with Crippen molar-refractivity contribution in [1.82, 2.24) is 15.2 Å². The monoisotopic (exact) mass is 371 g/mol. The van der Waals surface area contributed by atoms with Crippen LogP contribution in [0.2, 0.25) is 0 Å². The number of carbonyl (C=O) groups excluding carboxylic acids is 1. The normalized spacial score (nSPS) is 31.6. The predicted molar refractivity (Wildman–Crippen MR) is 103 cm³/mol. The first-order chi connectivity index (χ1) is 12.7. The van der Waals surface area contributed by atoms with Gasteiger partial charge in [-0.15, -0.1) is 11.3 Å². The number of likely N-dealkylation sites (tertiary alicyclic amines) is 1. The first-order valence-corrected chi connectivity index (χ1v) is 10.6. The van der Waals surface area contributed by atoms with Crippen molar-refractivity contribution < 1.29 is 9.53 Å². The fourth-order valence-electron chi connectivity index (χ4n) is 4.94. The minimum atomic E-state index is 0.0231. The van der Waals surface area contributed by atoms with Crippen LogP contribution < -0.4 is 5.32 Å². The number of rotatable bonds is 3. The maximum atomic E-state index is 12.9. The van der Waals surface area contributed by atoms with E-state index in [-0.39, 0.29) is 11.9 Å². The van der Waals surface area contributed by atoms with Gasteiger partial charge in [0, 0.05) is 18.1 Å². The first-order valence-electron chi connectivity index (χ1n) is 9.74. The quantitative estimate of drug-likeness (QED) is 0.901. The van der Waals surface area contributed by atoms with Crippen LogP contribution in [0, 0.1) is 12.8 Å². The Balaban J connectivity index is 1.35. The lowest BCUT2D eigenvalue weighted by atomic mass is 9.70. The molecular formula is C20H25N3O2S. The van der Waals surface area contributed by atoms with E-state index in [4.69, 9.17) is 4.74 Å². The van der Waals surface area contributed by atoms with Crippen LogP contribution >= 0.6 is 11.3 Å². The molecule has 0 radical (unpaired) electrons. The molecule has 1 aromatic carbocycles. The van der Waals surface area contributed by atoms with Crippen molar-refractivity contribution in [3.63, 3.8) is 0 Å². The summed E-state index contributed by atoms with van der Waals surface area (Å²) in [5.74, 6) is 0.492. The zero-order valence-corrected chi connectivity index (χ0v) is 15.9. The van der Waals surface area contributed by atoms with Crippen LogP contribution in [-0.4, -0.2) is 53.7 Å². The fourth-order valence-corrected chi connectivity index (χ4v) is 5.75. The number of aromatic nitrogens is 1. The molecule has 5 nitrogen and oxygen atoms in total. The Morgan fingerprint density at radius 1 is 1.31 bits per heavy atom. The standard InChI is InChI=1S/C20H25N3O2S/c1-12-21-15-11-13(5-6-16(15)26-12)20(24)22-17-14-7-10-25-19(14)18(17)23-8-3-2-4-9-23/h5-6,11,14,17-19H,2-4,7-10H2,1H3,(H,22,24)/t14-,17+,18-,19-/m1/s1. The number of benzene rings is 1. The number of aryl methyl sites for hydroxylation is 1. The molecule has 2 aromatic rings. The molecule has 2 saturated heterocycles. The fraction of sp³-hybridized carbons (Fsp3) is 0.600. The van der Waals surface area contributed by atoms with Crippen molar-refractivity contribution in [2.24, 2.45) is 5.92 Å². The molecule has 0 bridgehead atoms. The van der Waals surface area contributed by atoms with Crippen molar-refractivity contribution in [3.8, 4) is 0 Å². The molecule has 1 N–H and O–H groups in total. The number of carbonyl (C=O) groups is 1. The maximum Gasteiger partial charge on any atom is 0.251 e. The predicted octanol–water partition coefficient (Wildman–Crippen LogP) is 2.98. The summed E-state index contributed by atoms with van der Waals surface area (Å²) >= 11 is 1.67. The summed E-state index contributed by atoms with van der Waals surface area (Å²) in [4.78, 5) is 20.0. The number of ether oxygens (including phenoxy) is 1. The third-order valence-electron chi connectivity index (χ3n) is 6.22. The van der Waals surface area contributed by atoms with Crippen molar-refractivity contribution in [3.05, 3.63) is 28.8 Å². The molecule has 2 aliphatic heterocycles. The van der Waals surface area contributed by atoms with E-state index in [0.717, 1.165) is 41.3 Å². The van der Waals surface area contributed by atoms with Gasteiger partial charge in [-0.25, -0.2) is 4.98 Å². The second-order valence-corrected chi connectivity index (χ2v) is 9.02. The summed E-state index contributed by atoms with van der Waals surface area (Å²) in [6.45, 7) is 5.10. The average molecular weight is 372 g/mol. The van der Waals surface area contributed by atoms with Gasteiger partial charge in [0.15, 0.2) is 0 Å². The maximum absolute atomic E-state index is 12.9. The Kier molecular flexibility index (Phi) is 4.22. The van der Waals surface area contributed by atoms with Gasteiger partial charge < -0.3 is 10.1 Å². The summed E-state index contributed by atoms with van der Waals surface area (Å²) in [6.07, 6.45) is 5.21. The molecule has 3 heterocycles. The highest BCUT2D eigenvalue weighted by molar-refractivity contribution is 7.18. The highest BCUT2D eigenvalue weighted by atomic mass is 32.1.